The molecule has 0 N–H and O–H groups in total. The van der Waals surface area contributed by atoms with Crippen LogP contribution in [-0.4, -0.2) is 55.7 Å². The fourth-order valence-corrected chi connectivity index (χ4v) is 9.06. The Kier molecular flexibility index (Phi) is 10.9. The van der Waals surface area contributed by atoms with Gasteiger partial charge in [-0.1, -0.05) is 38.8 Å². The lowest BCUT2D eigenvalue weighted by Gasteiger charge is -2.64. The van der Waals surface area contributed by atoms with Gasteiger partial charge in [-0.25, -0.2) is 0 Å². The van der Waals surface area contributed by atoms with E-state index >= 15 is 0 Å². The van der Waals surface area contributed by atoms with E-state index < -0.39 is 39.5 Å². The van der Waals surface area contributed by atoms with Gasteiger partial charge in [0.25, 0.3) is 0 Å². The quantitative estimate of drug-likeness (QED) is 0.236. The fraction of sp³-hybridized carbons (Fsp3) is 0.765. The highest BCUT2D eigenvalue weighted by Crippen LogP contribution is 2.58. The minimum Gasteiger partial charge on any atom is -0.550 e. The Balaban J connectivity index is 2.57. The third-order valence-corrected chi connectivity index (χ3v) is 10.0. The van der Waals surface area contributed by atoms with E-state index in [1.54, 1.807) is 0 Å². The van der Waals surface area contributed by atoms with Crippen molar-refractivity contribution in [3.05, 3.63) is 25.3 Å². The molecule has 8 nitrogen and oxygen atoms in total. The van der Waals surface area contributed by atoms with Crippen molar-refractivity contribution in [2.24, 2.45) is 17.3 Å². The van der Waals surface area contributed by atoms with E-state index in [4.69, 9.17) is 0 Å². The van der Waals surface area contributed by atoms with Gasteiger partial charge < -0.3 is 29.6 Å². The number of aliphatic carboxylic acids is 2. The average molecular weight is 587 g/mol. The molecule has 42 heavy (non-hydrogen) atoms. The second-order valence-corrected chi connectivity index (χ2v) is 15.2. The van der Waals surface area contributed by atoms with Gasteiger partial charge in [-0.2, -0.15) is 0 Å². The summed E-state index contributed by atoms with van der Waals surface area (Å²) in [6, 6.07) is 0. The zero-order valence-electron chi connectivity index (χ0n) is 27.3. The number of piperidine rings is 2. The number of carboxylic acids is 2. The van der Waals surface area contributed by atoms with Crippen LogP contribution in [0.1, 0.15) is 126 Å². The Labute approximate surface area is 253 Å². The lowest BCUT2D eigenvalue weighted by Crippen LogP contribution is -2.69. The molecule has 2 saturated heterocycles. The van der Waals surface area contributed by atoms with E-state index in [-0.39, 0.29) is 30.1 Å². The molecule has 0 bridgehead atoms. The molecule has 8 heteroatoms. The molecule has 2 amide bonds. The summed E-state index contributed by atoms with van der Waals surface area (Å²) in [6.07, 6.45) is 8.66. The van der Waals surface area contributed by atoms with Gasteiger partial charge >= 0.3 is 0 Å². The van der Waals surface area contributed by atoms with Gasteiger partial charge in [0.05, 0.1) is 0 Å². The molecular formula is C34H54N2O6-2. The Morgan fingerprint density at radius 3 is 1.31 bits per heavy atom. The predicted molar refractivity (Wildman–Crippen MR) is 161 cm³/mol. The van der Waals surface area contributed by atoms with E-state index in [1.165, 1.54) is 12.2 Å². The van der Waals surface area contributed by atoms with Crippen molar-refractivity contribution in [3.63, 3.8) is 0 Å². The molecule has 238 valence electrons. The number of nitrogens with zero attached hydrogens (tertiary/aromatic N) is 2. The monoisotopic (exact) mass is 586 g/mol. The van der Waals surface area contributed by atoms with Crippen molar-refractivity contribution in [2.45, 2.75) is 148 Å². The van der Waals surface area contributed by atoms with E-state index in [0.29, 0.717) is 44.9 Å². The molecule has 2 aliphatic rings. The highest BCUT2D eigenvalue weighted by Gasteiger charge is 2.59. The summed E-state index contributed by atoms with van der Waals surface area (Å²) in [4.78, 5) is 54.2. The fourth-order valence-electron chi connectivity index (χ4n) is 9.06. The summed E-state index contributed by atoms with van der Waals surface area (Å²) >= 11 is 0. The first-order valence-electron chi connectivity index (χ1n) is 15.5. The van der Waals surface area contributed by atoms with Gasteiger partial charge in [0, 0.05) is 39.5 Å². The van der Waals surface area contributed by atoms with Crippen molar-refractivity contribution < 1.29 is 29.4 Å². The van der Waals surface area contributed by atoms with Crippen LogP contribution in [-0.2, 0) is 19.2 Å². The molecular weight excluding hydrogens is 532 g/mol. The minimum atomic E-state index is -1.18. The highest BCUT2D eigenvalue weighted by molar-refractivity contribution is 5.89. The highest BCUT2D eigenvalue weighted by atomic mass is 16.4. The summed E-state index contributed by atoms with van der Waals surface area (Å²) in [5, 5.41) is 24.5. The second-order valence-electron chi connectivity index (χ2n) is 15.2. The number of rotatable bonds is 13. The number of carbonyl (C=O) groups excluding carboxylic acids is 4. The largest absolute Gasteiger partial charge is 0.550 e. The first-order chi connectivity index (χ1) is 19.2. The third kappa shape index (κ3) is 7.28. The standard InChI is InChI=1S/C34H56N2O6/c1-11-26(37)35-30(3,4)20-24(21-31(35,5)6)34(29(41)42,19-17-15-13-14-16-18-28(39)40)25-22-32(7,8)36(27(38)12-2)33(9,10)23-25/h11-12,24-25H,1-2,13-23H2,3-10H3,(H,39,40)(H,41,42)/p-2. The van der Waals surface area contributed by atoms with Crippen molar-refractivity contribution in [3.8, 4) is 0 Å². The maximum Gasteiger partial charge on any atom is 0.246 e. The number of amides is 2. The topological polar surface area (TPSA) is 121 Å². The van der Waals surface area contributed by atoms with Gasteiger partial charge in [-0.05, 0) is 124 Å². The Hall–Kier alpha value is -2.64. The van der Waals surface area contributed by atoms with Crippen molar-refractivity contribution >= 4 is 23.8 Å². The first-order valence-corrected chi connectivity index (χ1v) is 15.5. The Bertz CT molecular complexity index is 960. The molecule has 0 aromatic carbocycles. The molecule has 0 unspecified atom stereocenters. The van der Waals surface area contributed by atoms with Crippen molar-refractivity contribution in [1.82, 2.24) is 9.80 Å². The number of hydrogen-bond donors (Lipinski definition) is 0. The van der Waals surface area contributed by atoms with Crippen molar-refractivity contribution in [2.75, 3.05) is 0 Å². The van der Waals surface area contributed by atoms with Crippen LogP contribution >= 0.6 is 0 Å². The number of hydrogen-bond acceptors (Lipinski definition) is 6. The van der Waals surface area contributed by atoms with Crippen molar-refractivity contribution in [1.29, 1.82) is 0 Å². The SMILES string of the molecule is C=CC(=O)N1C(C)(C)CC(C(CCCCCCCC(=O)[O-])(C(=O)[O-])C2CC(C)(C)N(C(=O)C=C)C(C)(C)C2)CC1(C)C. The predicted octanol–water partition coefficient (Wildman–Crippen LogP) is 4.17. The molecule has 0 saturated carbocycles. The zero-order valence-corrected chi connectivity index (χ0v) is 27.3. The lowest BCUT2D eigenvalue weighted by molar-refractivity contribution is -0.330. The molecule has 2 heterocycles. The van der Waals surface area contributed by atoms with E-state index in [0.717, 1.165) is 19.3 Å². The summed E-state index contributed by atoms with van der Waals surface area (Å²) < 4.78 is 0. The molecule has 0 aliphatic carbocycles. The summed E-state index contributed by atoms with van der Waals surface area (Å²) in [5.74, 6) is -2.98. The Morgan fingerprint density at radius 1 is 0.667 bits per heavy atom. The summed E-state index contributed by atoms with van der Waals surface area (Å²) in [5.41, 5.74) is -3.65. The van der Waals surface area contributed by atoms with Crippen LogP contribution < -0.4 is 10.2 Å². The number of carboxylic acid groups (broad SMARTS) is 2. The molecule has 0 aromatic rings. The molecule has 0 spiro atoms. The normalized spacial score (nSPS) is 21.9. The van der Waals surface area contributed by atoms with Gasteiger partial charge in [0.1, 0.15) is 0 Å². The smallest absolute Gasteiger partial charge is 0.246 e. The lowest BCUT2D eigenvalue weighted by atomic mass is 9.52. The summed E-state index contributed by atoms with van der Waals surface area (Å²) in [6.45, 7) is 23.4. The first kappa shape index (κ1) is 35.6. The van der Waals surface area contributed by atoms with Crippen LogP contribution in [0.5, 0.6) is 0 Å². The number of likely N-dealkylation sites (tertiary alicyclic amines) is 2. The molecule has 2 aliphatic heterocycles. The average Bonchev–Trinajstić information content (AvgIpc) is 2.81. The van der Waals surface area contributed by atoms with Crippen LogP contribution in [0.3, 0.4) is 0 Å². The van der Waals surface area contributed by atoms with Crippen LogP contribution in [0.2, 0.25) is 0 Å². The maximum atomic E-state index is 13.7. The minimum absolute atomic E-state index is 0.0291. The number of unbranched alkanes of at least 4 members (excludes halogenated alkanes) is 4. The molecule has 0 atom stereocenters. The summed E-state index contributed by atoms with van der Waals surface area (Å²) in [7, 11) is 0. The van der Waals surface area contributed by atoms with Crippen LogP contribution in [0.25, 0.3) is 0 Å². The molecule has 2 rings (SSSR count). The third-order valence-electron chi connectivity index (χ3n) is 10.0. The van der Waals surface area contributed by atoms with Gasteiger partial charge in [0.15, 0.2) is 0 Å². The van der Waals surface area contributed by atoms with Crippen LogP contribution in [0, 0.1) is 17.3 Å². The molecule has 0 aromatic heterocycles. The van der Waals surface area contributed by atoms with E-state index in [1.807, 2.05) is 65.2 Å². The van der Waals surface area contributed by atoms with Gasteiger partial charge in [-0.15, -0.1) is 0 Å². The van der Waals surface area contributed by atoms with Gasteiger partial charge in [-0.3, -0.25) is 9.59 Å². The zero-order chi connectivity index (χ0) is 32.3. The van der Waals surface area contributed by atoms with Gasteiger partial charge in [0.2, 0.25) is 11.8 Å². The Morgan fingerprint density at radius 2 is 1.00 bits per heavy atom. The van der Waals surface area contributed by atoms with E-state index in [9.17, 15) is 29.4 Å². The molecule has 2 fully saturated rings. The van der Waals surface area contributed by atoms with Crippen LogP contribution in [0.15, 0.2) is 25.3 Å². The van der Waals surface area contributed by atoms with E-state index in [2.05, 4.69) is 13.2 Å². The second kappa shape index (κ2) is 12.9. The molecule has 0 radical (unpaired) electrons. The van der Waals surface area contributed by atoms with Crippen LogP contribution in [0.4, 0.5) is 0 Å². The maximum absolute atomic E-state index is 13.7. The number of carbonyl (C=O) groups is 4.